The van der Waals surface area contributed by atoms with Gasteiger partial charge in [-0.05, 0) is 42.5 Å². The number of ether oxygens (including phenoxy) is 2. The van der Waals surface area contributed by atoms with Crippen LogP contribution in [0.3, 0.4) is 0 Å². The second-order valence-electron chi connectivity index (χ2n) is 6.36. The van der Waals surface area contributed by atoms with Crippen LogP contribution >= 0.6 is 23.2 Å². The number of carbonyl (C=O) groups excluding carboxylic acids is 1. The maximum Gasteiger partial charge on any atom is 0.255 e. The van der Waals surface area contributed by atoms with Crippen molar-refractivity contribution in [2.24, 2.45) is 0 Å². The molecule has 0 atom stereocenters. The quantitative estimate of drug-likeness (QED) is 0.405. The largest absolute Gasteiger partial charge is 0.497 e. The molecule has 4 aromatic rings. The number of nitrogens with one attached hydrogen (secondary N) is 1. The summed E-state index contributed by atoms with van der Waals surface area (Å²) in [4.78, 5) is 17.2. The number of nitrogens with zero attached hydrogens (tertiary/aromatic N) is 1. The van der Waals surface area contributed by atoms with E-state index in [0.29, 0.717) is 45.3 Å². The van der Waals surface area contributed by atoms with Crippen LogP contribution in [0, 0.1) is 0 Å². The first-order chi connectivity index (χ1) is 14.5. The normalized spacial score (nSPS) is 10.8. The Morgan fingerprint density at radius 3 is 2.47 bits per heavy atom. The molecule has 3 aromatic carbocycles. The molecule has 0 aliphatic carbocycles. The molecular weight excluding hydrogens is 427 g/mol. The molecule has 30 heavy (non-hydrogen) atoms. The van der Waals surface area contributed by atoms with Crippen molar-refractivity contribution in [2.45, 2.75) is 0 Å². The van der Waals surface area contributed by atoms with Crippen molar-refractivity contribution in [2.75, 3.05) is 19.5 Å². The molecule has 8 heteroatoms. The molecule has 0 bridgehead atoms. The molecule has 0 aliphatic heterocycles. The number of hydrogen-bond acceptors (Lipinski definition) is 5. The number of oxazole rings is 1. The number of fused-ring (bicyclic) bond motifs is 1. The van der Waals surface area contributed by atoms with Gasteiger partial charge in [0.25, 0.3) is 5.91 Å². The second-order valence-corrected chi connectivity index (χ2v) is 7.18. The average molecular weight is 443 g/mol. The molecule has 6 nitrogen and oxygen atoms in total. The highest BCUT2D eigenvalue weighted by Crippen LogP contribution is 2.34. The van der Waals surface area contributed by atoms with Crippen LogP contribution in [0.2, 0.25) is 10.0 Å². The van der Waals surface area contributed by atoms with E-state index >= 15 is 0 Å². The summed E-state index contributed by atoms with van der Waals surface area (Å²) in [5, 5.41) is 3.34. The molecule has 4 rings (SSSR count). The van der Waals surface area contributed by atoms with Gasteiger partial charge in [0.1, 0.15) is 11.3 Å². The third kappa shape index (κ3) is 3.92. The van der Waals surface area contributed by atoms with E-state index < -0.39 is 0 Å². The summed E-state index contributed by atoms with van der Waals surface area (Å²) < 4.78 is 16.2. The van der Waals surface area contributed by atoms with Gasteiger partial charge in [-0.15, -0.1) is 0 Å². The summed E-state index contributed by atoms with van der Waals surface area (Å²) >= 11 is 12.3. The molecule has 0 radical (unpaired) electrons. The van der Waals surface area contributed by atoms with Crippen molar-refractivity contribution in [3.8, 4) is 23.0 Å². The van der Waals surface area contributed by atoms with Gasteiger partial charge in [-0.3, -0.25) is 4.79 Å². The first-order valence-electron chi connectivity index (χ1n) is 8.88. The second kappa shape index (κ2) is 8.26. The Hall–Kier alpha value is -3.22. The van der Waals surface area contributed by atoms with Gasteiger partial charge in [-0.2, -0.15) is 0 Å². The van der Waals surface area contributed by atoms with Crippen LogP contribution < -0.4 is 14.8 Å². The van der Waals surface area contributed by atoms with Crippen LogP contribution in [0.4, 0.5) is 5.69 Å². The number of carbonyl (C=O) groups is 1. The zero-order valence-corrected chi connectivity index (χ0v) is 17.5. The lowest BCUT2D eigenvalue weighted by molar-refractivity contribution is 0.102. The zero-order valence-electron chi connectivity index (χ0n) is 16.0. The number of methoxy groups -OCH3 is 2. The van der Waals surface area contributed by atoms with E-state index in [1.165, 1.54) is 19.2 Å². The minimum atomic E-state index is -0.360. The van der Waals surface area contributed by atoms with Gasteiger partial charge in [0, 0.05) is 22.9 Å². The maximum absolute atomic E-state index is 12.7. The smallest absolute Gasteiger partial charge is 0.255 e. The number of benzene rings is 3. The summed E-state index contributed by atoms with van der Waals surface area (Å²) in [7, 11) is 3.05. The van der Waals surface area contributed by atoms with Crippen LogP contribution in [0.15, 0.2) is 59.0 Å². The van der Waals surface area contributed by atoms with E-state index in [1.807, 2.05) is 6.07 Å². The van der Waals surface area contributed by atoms with Crippen molar-refractivity contribution in [1.82, 2.24) is 4.98 Å². The molecule has 0 unspecified atom stereocenters. The Morgan fingerprint density at radius 2 is 1.77 bits per heavy atom. The molecular formula is C22H16Cl2N2O4. The predicted octanol–water partition coefficient (Wildman–Crippen LogP) is 6.07. The lowest BCUT2D eigenvalue weighted by Gasteiger charge is -2.10. The van der Waals surface area contributed by atoms with Crippen LogP contribution in [0.25, 0.3) is 22.6 Å². The van der Waals surface area contributed by atoms with Crippen molar-refractivity contribution in [1.29, 1.82) is 0 Å². The Balaban J connectivity index is 1.60. The highest BCUT2D eigenvalue weighted by molar-refractivity contribution is 6.37. The van der Waals surface area contributed by atoms with Crippen LogP contribution in [0.5, 0.6) is 11.5 Å². The van der Waals surface area contributed by atoms with E-state index in [0.717, 1.165) is 0 Å². The molecule has 0 saturated heterocycles. The first-order valence-corrected chi connectivity index (χ1v) is 9.63. The lowest BCUT2D eigenvalue weighted by atomic mass is 10.1. The van der Waals surface area contributed by atoms with Crippen molar-refractivity contribution < 1.29 is 18.7 Å². The highest BCUT2D eigenvalue weighted by atomic mass is 35.5. The number of anilines is 1. The van der Waals surface area contributed by atoms with E-state index in [2.05, 4.69) is 10.3 Å². The number of hydrogen-bond donors (Lipinski definition) is 1. The van der Waals surface area contributed by atoms with Crippen LogP contribution in [0.1, 0.15) is 10.4 Å². The van der Waals surface area contributed by atoms with Gasteiger partial charge in [-0.1, -0.05) is 29.3 Å². The fourth-order valence-corrected chi connectivity index (χ4v) is 3.62. The number of rotatable bonds is 5. The molecule has 0 fully saturated rings. The fraction of sp³-hybridized carbons (Fsp3) is 0.0909. The third-order valence-corrected chi connectivity index (χ3v) is 4.99. The van der Waals surface area contributed by atoms with Crippen molar-refractivity contribution in [3.05, 3.63) is 70.2 Å². The first kappa shape index (κ1) is 20.1. The molecule has 1 N–H and O–H groups in total. The molecule has 152 valence electrons. The number of aromatic nitrogens is 1. The monoisotopic (exact) mass is 442 g/mol. The predicted molar refractivity (Wildman–Crippen MR) is 117 cm³/mol. The van der Waals surface area contributed by atoms with Crippen molar-refractivity contribution in [3.63, 3.8) is 0 Å². The van der Waals surface area contributed by atoms with E-state index in [9.17, 15) is 4.79 Å². The third-order valence-electron chi connectivity index (χ3n) is 4.43. The van der Waals surface area contributed by atoms with Gasteiger partial charge in [0.15, 0.2) is 11.3 Å². The van der Waals surface area contributed by atoms with Gasteiger partial charge < -0.3 is 19.2 Å². The molecule has 0 spiro atoms. The lowest BCUT2D eigenvalue weighted by Crippen LogP contribution is -2.12. The number of amides is 1. The maximum atomic E-state index is 12.7. The van der Waals surface area contributed by atoms with Crippen LogP contribution in [-0.2, 0) is 0 Å². The molecule has 1 amide bonds. The van der Waals surface area contributed by atoms with Gasteiger partial charge >= 0.3 is 0 Å². The molecule has 0 aliphatic rings. The highest BCUT2D eigenvalue weighted by Gasteiger charge is 2.15. The molecule has 1 aromatic heterocycles. The summed E-state index contributed by atoms with van der Waals surface area (Å²) in [5.41, 5.74) is 2.92. The summed E-state index contributed by atoms with van der Waals surface area (Å²) in [6.45, 7) is 0. The van der Waals surface area contributed by atoms with Crippen LogP contribution in [-0.4, -0.2) is 25.1 Å². The average Bonchev–Trinajstić information content (AvgIpc) is 3.17. The van der Waals surface area contributed by atoms with Gasteiger partial charge in [0.2, 0.25) is 5.89 Å². The van der Waals surface area contributed by atoms with Gasteiger partial charge in [-0.25, -0.2) is 4.98 Å². The van der Waals surface area contributed by atoms with Gasteiger partial charge in [0.05, 0.1) is 24.3 Å². The molecule has 0 saturated carbocycles. The molecule has 1 heterocycles. The SMILES string of the molecule is COc1ccc2oc(-c3cccc(NC(=O)c4cc(Cl)c(OC)c(Cl)c4)c3)nc2c1. The van der Waals surface area contributed by atoms with Crippen molar-refractivity contribution >= 4 is 45.9 Å². The zero-order chi connectivity index (χ0) is 21.3. The van der Waals surface area contributed by atoms with E-state index in [1.54, 1.807) is 43.5 Å². The topological polar surface area (TPSA) is 73.6 Å². The summed E-state index contributed by atoms with van der Waals surface area (Å²) in [6, 6.07) is 15.6. The summed E-state index contributed by atoms with van der Waals surface area (Å²) in [5.74, 6) is 1.09. The standard InChI is InChI=1S/C22H16Cl2N2O4/c1-28-15-6-7-19-18(11-15)26-22(30-19)12-4-3-5-14(8-12)25-21(27)13-9-16(23)20(29-2)17(24)10-13/h3-11H,1-2H3,(H,25,27). The number of halogens is 2. The minimum Gasteiger partial charge on any atom is -0.497 e. The Labute approximate surface area is 182 Å². The minimum absolute atomic E-state index is 0.255. The Morgan fingerprint density at radius 1 is 1.00 bits per heavy atom. The summed E-state index contributed by atoms with van der Waals surface area (Å²) in [6.07, 6.45) is 0. The Bertz CT molecular complexity index is 1230. The fourth-order valence-electron chi connectivity index (χ4n) is 2.98. The van der Waals surface area contributed by atoms with E-state index in [-0.39, 0.29) is 16.0 Å². The van der Waals surface area contributed by atoms with E-state index in [4.69, 9.17) is 37.1 Å². The Kier molecular flexibility index (Phi) is 5.53.